The summed E-state index contributed by atoms with van der Waals surface area (Å²) in [5, 5.41) is 0. The van der Waals surface area contributed by atoms with E-state index in [9.17, 15) is 0 Å². The zero-order valence-electron chi connectivity index (χ0n) is 7.24. The minimum absolute atomic E-state index is 0.364. The molecule has 0 aliphatic heterocycles. The normalized spacial score (nSPS) is 12.0. The molecule has 1 N–H and O–H groups in total. The van der Waals surface area contributed by atoms with Gasteiger partial charge in [-0.15, -0.1) is 0 Å². The van der Waals surface area contributed by atoms with Crippen LogP contribution in [-0.2, 0) is 4.84 Å². The molecule has 2 nitrogen and oxygen atoms in total. The highest BCUT2D eigenvalue weighted by Gasteiger charge is 2.08. The first-order valence-corrected chi connectivity index (χ1v) is 3.70. The van der Waals surface area contributed by atoms with Crippen molar-refractivity contribution in [2.45, 2.75) is 27.2 Å². The molecule has 0 heterocycles. The summed E-state index contributed by atoms with van der Waals surface area (Å²) in [5.41, 5.74) is 3.07. The molecule has 0 spiro atoms. The van der Waals surface area contributed by atoms with Gasteiger partial charge in [0.25, 0.3) is 0 Å². The first kappa shape index (κ1) is 9.92. The van der Waals surface area contributed by atoms with Crippen LogP contribution in [0.3, 0.4) is 0 Å². The second-order valence-electron chi connectivity index (χ2n) is 3.55. The van der Waals surface area contributed by atoms with E-state index in [-0.39, 0.29) is 0 Å². The third-order valence-corrected chi connectivity index (χ3v) is 1.16. The Kier molecular flexibility index (Phi) is 4.65. The van der Waals surface area contributed by atoms with Crippen LogP contribution < -0.4 is 5.48 Å². The molecule has 0 aromatic heterocycles. The fourth-order valence-corrected chi connectivity index (χ4v) is 0.502. The van der Waals surface area contributed by atoms with Gasteiger partial charge in [-0.3, -0.25) is 0 Å². The summed E-state index contributed by atoms with van der Waals surface area (Å²) in [7, 11) is 0. The van der Waals surface area contributed by atoms with Crippen LogP contribution in [0.5, 0.6) is 0 Å². The number of hydrogen-bond acceptors (Lipinski definition) is 2. The Hall–Kier alpha value is -0.0800. The minimum atomic E-state index is 0.364. The Morgan fingerprint density at radius 1 is 1.40 bits per heavy atom. The van der Waals surface area contributed by atoms with Gasteiger partial charge < -0.3 is 4.84 Å². The third-order valence-electron chi connectivity index (χ3n) is 1.16. The van der Waals surface area contributed by atoms with Crippen molar-refractivity contribution in [1.29, 1.82) is 0 Å². The predicted molar refractivity (Wildman–Crippen MR) is 43.4 cm³/mol. The van der Waals surface area contributed by atoms with Gasteiger partial charge in [0, 0.05) is 6.54 Å². The van der Waals surface area contributed by atoms with E-state index in [4.69, 9.17) is 4.84 Å². The summed E-state index contributed by atoms with van der Waals surface area (Å²) in [6, 6.07) is 0. The summed E-state index contributed by atoms with van der Waals surface area (Å²) < 4.78 is 0. The quantitative estimate of drug-likeness (QED) is 0.479. The maximum Gasteiger partial charge on any atom is 0.0687 e. The largest absolute Gasteiger partial charge is 0.302 e. The molecule has 0 saturated heterocycles. The molecule has 0 unspecified atom stereocenters. The van der Waals surface area contributed by atoms with Gasteiger partial charge in [0.2, 0.25) is 0 Å². The van der Waals surface area contributed by atoms with Gasteiger partial charge in [-0.1, -0.05) is 20.8 Å². The van der Waals surface area contributed by atoms with E-state index in [0.717, 1.165) is 13.0 Å². The maximum atomic E-state index is 5.05. The summed E-state index contributed by atoms with van der Waals surface area (Å²) in [6.45, 7) is 11.6. The van der Waals surface area contributed by atoms with E-state index >= 15 is 0 Å². The monoisotopic (exact) mass is 144 g/mol. The van der Waals surface area contributed by atoms with Gasteiger partial charge in [-0.25, -0.2) is 5.48 Å². The average molecular weight is 144 g/mol. The van der Waals surface area contributed by atoms with Crippen LogP contribution in [0.15, 0.2) is 0 Å². The van der Waals surface area contributed by atoms with Crippen molar-refractivity contribution in [2.75, 3.05) is 13.2 Å². The molecule has 2 heteroatoms. The van der Waals surface area contributed by atoms with Gasteiger partial charge in [0.1, 0.15) is 0 Å². The lowest BCUT2D eigenvalue weighted by molar-refractivity contribution is 0.0322. The van der Waals surface area contributed by atoms with Crippen LogP contribution in [0.25, 0.3) is 0 Å². The third kappa shape index (κ3) is 7.92. The molecule has 0 amide bonds. The van der Waals surface area contributed by atoms with Gasteiger partial charge in [0.05, 0.1) is 6.61 Å². The molecule has 61 valence electrons. The molecule has 0 aliphatic rings. The fourth-order valence-electron chi connectivity index (χ4n) is 0.502. The lowest BCUT2D eigenvalue weighted by Gasteiger charge is -2.17. The minimum Gasteiger partial charge on any atom is -0.302 e. The van der Waals surface area contributed by atoms with Crippen molar-refractivity contribution in [2.24, 2.45) is 5.41 Å². The SMILES string of the molecule is [CH2]CNOCCC(C)(C)C. The number of nitrogens with one attached hydrogen (secondary N) is 1. The lowest BCUT2D eigenvalue weighted by Crippen LogP contribution is -2.18. The molecular formula is C8H18NO. The molecular weight excluding hydrogens is 126 g/mol. The van der Waals surface area contributed by atoms with Crippen molar-refractivity contribution in [3.63, 3.8) is 0 Å². The number of rotatable bonds is 4. The van der Waals surface area contributed by atoms with E-state index in [1.54, 1.807) is 0 Å². The Morgan fingerprint density at radius 3 is 2.40 bits per heavy atom. The number of hydrogen-bond donors (Lipinski definition) is 1. The van der Waals surface area contributed by atoms with Crippen LogP contribution in [0.2, 0.25) is 0 Å². The van der Waals surface area contributed by atoms with Crippen LogP contribution in [-0.4, -0.2) is 13.2 Å². The zero-order chi connectivity index (χ0) is 8.04. The molecule has 0 bridgehead atoms. The van der Waals surface area contributed by atoms with E-state index in [0.29, 0.717) is 12.0 Å². The summed E-state index contributed by atoms with van der Waals surface area (Å²) in [5.74, 6) is 0. The van der Waals surface area contributed by atoms with Crippen LogP contribution >= 0.6 is 0 Å². The summed E-state index contributed by atoms with van der Waals surface area (Å²) in [6.07, 6.45) is 1.07. The standard InChI is InChI=1S/C8H18NO/c1-5-9-10-7-6-8(2,3)4/h9H,1,5-7H2,2-4H3. The van der Waals surface area contributed by atoms with Crippen molar-refractivity contribution >= 4 is 0 Å². The van der Waals surface area contributed by atoms with Gasteiger partial charge in [0.15, 0.2) is 0 Å². The number of hydroxylamine groups is 1. The average Bonchev–Trinajstić information content (AvgIpc) is 1.78. The van der Waals surface area contributed by atoms with Gasteiger partial charge in [-0.05, 0) is 18.8 Å². The molecule has 0 rings (SSSR count). The predicted octanol–water partition coefficient (Wildman–Crippen LogP) is 1.78. The first-order valence-electron chi connectivity index (χ1n) is 3.70. The summed E-state index contributed by atoms with van der Waals surface area (Å²) >= 11 is 0. The topological polar surface area (TPSA) is 21.3 Å². The molecule has 0 aromatic carbocycles. The van der Waals surface area contributed by atoms with E-state index < -0.39 is 0 Å². The molecule has 10 heavy (non-hydrogen) atoms. The highest BCUT2D eigenvalue weighted by Crippen LogP contribution is 2.17. The molecule has 1 radical (unpaired) electrons. The maximum absolute atomic E-state index is 5.05. The zero-order valence-corrected chi connectivity index (χ0v) is 7.24. The molecule has 0 saturated carbocycles. The Bertz CT molecular complexity index is 75.8. The van der Waals surface area contributed by atoms with Crippen molar-refractivity contribution in [3.8, 4) is 0 Å². The van der Waals surface area contributed by atoms with E-state index in [1.165, 1.54) is 0 Å². The van der Waals surface area contributed by atoms with Crippen LogP contribution in [0, 0.1) is 12.3 Å². The smallest absolute Gasteiger partial charge is 0.0687 e. The molecule has 0 atom stereocenters. The van der Waals surface area contributed by atoms with Crippen molar-refractivity contribution in [3.05, 3.63) is 6.92 Å². The van der Waals surface area contributed by atoms with Crippen molar-refractivity contribution < 1.29 is 4.84 Å². The second kappa shape index (κ2) is 4.69. The highest BCUT2D eigenvalue weighted by molar-refractivity contribution is 4.59. The van der Waals surface area contributed by atoms with Gasteiger partial charge in [-0.2, -0.15) is 0 Å². The first-order chi connectivity index (χ1) is 4.56. The Morgan fingerprint density at radius 2 is 2.00 bits per heavy atom. The van der Waals surface area contributed by atoms with Crippen LogP contribution in [0.1, 0.15) is 27.2 Å². The molecule has 0 aliphatic carbocycles. The fraction of sp³-hybridized carbons (Fsp3) is 0.875. The van der Waals surface area contributed by atoms with Crippen molar-refractivity contribution in [1.82, 2.24) is 5.48 Å². The second-order valence-corrected chi connectivity index (χ2v) is 3.55. The lowest BCUT2D eigenvalue weighted by atomic mass is 9.93. The molecule has 0 aromatic rings. The van der Waals surface area contributed by atoms with Crippen LogP contribution in [0.4, 0.5) is 0 Å². The van der Waals surface area contributed by atoms with E-state index in [2.05, 4.69) is 33.2 Å². The molecule has 0 fully saturated rings. The van der Waals surface area contributed by atoms with Gasteiger partial charge >= 0.3 is 0 Å². The van der Waals surface area contributed by atoms with E-state index in [1.807, 2.05) is 0 Å². The summed E-state index contributed by atoms with van der Waals surface area (Å²) in [4.78, 5) is 5.05. The Balaban J connectivity index is 3.04. The highest BCUT2D eigenvalue weighted by atomic mass is 16.6. The Labute approximate surface area is 63.9 Å².